The molecule has 1 rings (SSSR count). The summed E-state index contributed by atoms with van der Waals surface area (Å²) in [5, 5.41) is 11.8. The quantitative estimate of drug-likeness (QED) is 0.705. The first-order chi connectivity index (χ1) is 11.8. The molecule has 2 atom stereocenters. The van der Waals surface area contributed by atoms with E-state index in [0.717, 1.165) is 5.56 Å². The summed E-state index contributed by atoms with van der Waals surface area (Å²) in [5.74, 6) is -1.17. The summed E-state index contributed by atoms with van der Waals surface area (Å²) in [6, 6.07) is 6.32. The molecule has 0 radical (unpaired) electrons. The Labute approximate surface area is 148 Å². The summed E-state index contributed by atoms with van der Waals surface area (Å²) in [5.41, 5.74) is 0.893. The molecule has 0 fully saturated rings. The van der Waals surface area contributed by atoms with Gasteiger partial charge in [0.2, 0.25) is 5.91 Å². The lowest BCUT2D eigenvalue weighted by Crippen LogP contribution is -2.51. The minimum atomic E-state index is -1.11. The van der Waals surface area contributed by atoms with Gasteiger partial charge in [-0.3, -0.25) is 9.59 Å². The van der Waals surface area contributed by atoms with Gasteiger partial charge < -0.3 is 20.1 Å². The van der Waals surface area contributed by atoms with E-state index in [0.29, 0.717) is 12.2 Å². The largest absolute Gasteiger partial charge is 0.480 e. The van der Waals surface area contributed by atoms with Gasteiger partial charge in [-0.15, -0.1) is 0 Å². The van der Waals surface area contributed by atoms with Gasteiger partial charge in [-0.2, -0.15) is 0 Å². The number of para-hydroxylation sites is 1. The third-order valence-corrected chi connectivity index (χ3v) is 3.84. The van der Waals surface area contributed by atoms with E-state index in [4.69, 9.17) is 4.74 Å². The third-order valence-electron chi connectivity index (χ3n) is 3.84. The first kappa shape index (κ1) is 20.5. The number of benzene rings is 1. The van der Waals surface area contributed by atoms with Gasteiger partial charge in [0.1, 0.15) is 11.8 Å². The number of carbonyl (C=O) groups is 3. The van der Waals surface area contributed by atoms with Gasteiger partial charge in [0, 0.05) is 20.0 Å². The zero-order chi connectivity index (χ0) is 19.0. The first-order valence-electron chi connectivity index (χ1n) is 8.27. The Morgan fingerprint density at radius 3 is 2.44 bits per heavy atom. The molecule has 0 saturated carbocycles. The van der Waals surface area contributed by atoms with Crippen LogP contribution < -0.4 is 10.1 Å². The standard InChI is InChI=1S/C18H26N2O5/c1-5-15(25-16-9-7-6-8-12(16)2)17(22)20(13(3)18(23)24)11-10-19-14(4)21/h6-9,13,15H,5,10-11H2,1-4H3,(H,19,21)(H,23,24). The second-order valence-corrected chi connectivity index (χ2v) is 5.81. The normalized spacial score (nSPS) is 12.8. The maximum Gasteiger partial charge on any atom is 0.326 e. The first-order valence-corrected chi connectivity index (χ1v) is 8.27. The summed E-state index contributed by atoms with van der Waals surface area (Å²) in [6.07, 6.45) is -0.393. The van der Waals surface area contributed by atoms with E-state index >= 15 is 0 Å². The SMILES string of the molecule is CCC(Oc1ccccc1C)C(=O)N(CCNC(C)=O)C(C)C(=O)O. The number of amides is 2. The van der Waals surface area contributed by atoms with Crippen LogP contribution in [0.2, 0.25) is 0 Å². The van der Waals surface area contributed by atoms with E-state index in [-0.39, 0.29) is 19.0 Å². The minimum absolute atomic E-state index is 0.0967. The van der Waals surface area contributed by atoms with Crippen molar-refractivity contribution in [2.75, 3.05) is 13.1 Å². The lowest BCUT2D eigenvalue weighted by molar-refractivity contribution is -0.152. The number of nitrogens with one attached hydrogen (secondary N) is 1. The van der Waals surface area contributed by atoms with E-state index < -0.39 is 24.0 Å². The van der Waals surface area contributed by atoms with E-state index in [9.17, 15) is 19.5 Å². The van der Waals surface area contributed by atoms with Crippen LogP contribution in [0.25, 0.3) is 0 Å². The molecule has 138 valence electrons. The Morgan fingerprint density at radius 1 is 1.28 bits per heavy atom. The van der Waals surface area contributed by atoms with Crippen molar-refractivity contribution in [2.24, 2.45) is 0 Å². The Hall–Kier alpha value is -2.57. The number of hydrogen-bond acceptors (Lipinski definition) is 4. The van der Waals surface area contributed by atoms with Crippen molar-refractivity contribution in [1.29, 1.82) is 0 Å². The molecule has 0 saturated heterocycles. The van der Waals surface area contributed by atoms with Gasteiger partial charge >= 0.3 is 5.97 Å². The number of carboxylic acids is 1. The minimum Gasteiger partial charge on any atom is -0.480 e. The number of aryl methyl sites for hydroxylation is 1. The molecule has 0 aliphatic heterocycles. The predicted octanol–water partition coefficient (Wildman–Crippen LogP) is 1.59. The molecule has 0 heterocycles. The molecule has 0 aliphatic carbocycles. The molecule has 0 bridgehead atoms. The molecule has 0 aliphatic rings. The van der Waals surface area contributed by atoms with Crippen molar-refractivity contribution >= 4 is 17.8 Å². The summed E-state index contributed by atoms with van der Waals surface area (Å²) in [6.45, 7) is 6.76. The molecule has 2 amide bonds. The number of carbonyl (C=O) groups excluding carboxylic acids is 2. The lowest BCUT2D eigenvalue weighted by Gasteiger charge is -2.30. The van der Waals surface area contributed by atoms with Crippen LogP contribution in [-0.2, 0) is 14.4 Å². The fourth-order valence-corrected chi connectivity index (χ4v) is 2.32. The molecule has 25 heavy (non-hydrogen) atoms. The van der Waals surface area contributed by atoms with E-state index in [2.05, 4.69) is 5.32 Å². The topological polar surface area (TPSA) is 95.9 Å². The smallest absolute Gasteiger partial charge is 0.326 e. The van der Waals surface area contributed by atoms with Gasteiger partial charge in [-0.25, -0.2) is 4.79 Å². The van der Waals surface area contributed by atoms with E-state index in [1.807, 2.05) is 25.1 Å². The Bertz CT molecular complexity index is 617. The van der Waals surface area contributed by atoms with E-state index in [1.165, 1.54) is 18.7 Å². The maximum atomic E-state index is 12.8. The van der Waals surface area contributed by atoms with Crippen LogP contribution in [0.15, 0.2) is 24.3 Å². The Kier molecular flexibility index (Phi) is 7.91. The maximum absolute atomic E-state index is 12.8. The van der Waals surface area contributed by atoms with Gasteiger partial charge in [0.15, 0.2) is 6.10 Å². The van der Waals surface area contributed by atoms with Crippen LogP contribution in [-0.4, -0.2) is 53.0 Å². The highest BCUT2D eigenvalue weighted by Crippen LogP contribution is 2.20. The van der Waals surface area contributed by atoms with Crippen molar-refractivity contribution in [2.45, 2.75) is 46.3 Å². The predicted molar refractivity (Wildman–Crippen MR) is 93.4 cm³/mol. The second kappa shape index (κ2) is 9.66. The fraction of sp³-hybridized carbons (Fsp3) is 0.500. The molecule has 0 spiro atoms. The Balaban J connectivity index is 2.93. The van der Waals surface area contributed by atoms with Gasteiger partial charge in [0.05, 0.1) is 0 Å². The average molecular weight is 350 g/mol. The highest BCUT2D eigenvalue weighted by atomic mass is 16.5. The van der Waals surface area contributed by atoms with Crippen LogP contribution >= 0.6 is 0 Å². The van der Waals surface area contributed by atoms with Crippen molar-refractivity contribution in [1.82, 2.24) is 10.2 Å². The van der Waals surface area contributed by atoms with Crippen LogP contribution in [0.5, 0.6) is 5.75 Å². The molecule has 1 aromatic rings. The van der Waals surface area contributed by atoms with Crippen LogP contribution in [0.4, 0.5) is 0 Å². The number of ether oxygens (including phenoxy) is 1. The van der Waals surface area contributed by atoms with Crippen molar-refractivity contribution in [3.8, 4) is 5.75 Å². The molecule has 0 aromatic heterocycles. The number of carboxylic acid groups (broad SMARTS) is 1. The highest BCUT2D eigenvalue weighted by molar-refractivity contribution is 5.86. The molecule has 1 aromatic carbocycles. The van der Waals surface area contributed by atoms with Crippen LogP contribution in [0.1, 0.15) is 32.8 Å². The molecule has 2 unspecified atom stereocenters. The number of aliphatic carboxylic acids is 1. The molecule has 7 heteroatoms. The van der Waals surface area contributed by atoms with Gasteiger partial charge in [-0.05, 0) is 31.9 Å². The summed E-state index contributed by atoms with van der Waals surface area (Å²) >= 11 is 0. The number of rotatable bonds is 9. The van der Waals surface area contributed by atoms with Gasteiger partial charge in [0.25, 0.3) is 5.91 Å². The highest BCUT2D eigenvalue weighted by Gasteiger charge is 2.31. The van der Waals surface area contributed by atoms with Crippen molar-refractivity contribution < 1.29 is 24.2 Å². The number of nitrogens with zero attached hydrogens (tertiary/aromatic N) is 1. The number of hydrogen-bond donors (Lipinski definition) is 2. The van der Waals surface area contributed by atoms with Crippen LogP contribution in [0.3, 0.4) is 0 Å². The third kappa shape index (κ3) is 6.10. The van der Waals surface area contributed by atoms with Crippen molar-refractivity contribution in [3.05, 3.63) is 29.8 Å². The Morgan fingerprint density at radius 2 is 1.92 bits per heavy atom. The molecular weight excluding hydrogens is 324 g/mol. The average Bonchev–Trinajstić information content (AvgIpc) is 2.56. The second-order valence-electron chi connectivity index (χ2n) is 5.81. The fourth-order valence-electron chi connectivity index (χ4n) is 2.32. The summed E-state index contributed by atoms with van der Waals surface area (Å²) < 4.78 is 5.82. The monoisotopic (exact) mass is 350 g/mol. The van der Waals surface area contributed by atoms with Crippen molar-refractivity contribution in [3.63, 3.8) is 0 Å². The van der Waals surface area contributed by atoms with E-state index in [1.54, 1.807) is 13.0 Å². The summed E-state index contributed by atoms with van der Waals surface area (Å²) in [7, 11) is 0. The molecule has 2 N–H and O–H groups in total. The van der Waals surface area contributed by atoms with Crippen LogP contribution in [0, 0.1) is 6.92 Å². The zero-order valence-electron chi connectivity index (χ0n) is 15.1. The zero-order valence-corrected chi connectivity index (χ0v) is 15.1. The lowest BCUT2D eigenvalue weighted by atomic mass is 10.1. The molecular formula is C18H26N2O5. The summed E-state index contributed by atoms with van der Waals surface area (Å²) in [4.78, 5) is 36.4. The van der Waals surface area contributed by atoms with Gasteiger partial charge in [-0.1, -0.05) is 25.1 Å². The molecule has 7 nitrogen and oxygen atoms in total.